The summed E-state index contributed by atoms with van der Waals surface area (Å²) >= 11 is 0. The van der Waals surface area contributed by atoms with E-state index in [0.29, 0.717) is 34.1 Å². The van der Waals surface area contributed by atoms with E-state index in [2.05, 4.69) is 10.5 Å². The van der Waals surface area contributed by atoms with Crippen LogP contribution < -0.4 is 24.4 Å². The molecule has 4 aromatic rings. The molecule has 0 bridgehead atoms. The van der Waals surface area contributed by atoms with Gasteiger partial charge in [-0.25, -0.2) is 10.2 Å². The number of amides is 1. The van der Waals surface area contributed by atoms with E-state index in [0.717, 1.165) is 10.8 Å². The molecule has 36 heavy (non-hydrogen) atoms. The Morgan fingerprint density at radius 3 is 2.08 bits per heavy atom. The maximum atomic E-state index is 12.8. The van der Waals surface area contributed by atoms with Crippen LogP contribution in [0, 0.1) is 0 Å². The van der Waals surface area contributed by atoms with Gasteiger partial charge in [0.25, 0.3) is 5.91 Å². The number of carbonyl (C=O) groups excluding carboxylic acids is 2. The van der Waals surface area contributed by atoms with Crippen LogP contribution in [0.2, 0.25) is 0 Å². The van der Waals surface area contributed by atoms with Gasteiger partial charge in [0, 0.05) is 11.1 Å². The fourth-order valence-electron chi connectivity index (χ4n) is 3.66. The number of esters is 1. The highest BCUT2D eigenvalue weighted by Gasteiger charge is 2.17. The zero-order valence-corrected chi connectivity index (χ0v) is 20.0. The van der Waals surface area contributed by atoms with Crippen molar-refractivity contribution in [3.63, 3.8) is 0 Å². The highest BCUT2D eigenvalue weighted by molar-refractivity contribution is 6.04. The summed E-state index contributed by atoms with van der Waals surface area (Å²) in [7, 11) is 4.42. The molecule has 0 spiro atoms. The van der Waals surface area contributed by atoms with Gasteiger partial charge in [-0.05, 0) is 41.1 Å². The van der Waals surface area contributed by atoms with Gasteiger partial charge in [0.1, 0.15) is 5.75 Å². The molecule has 0 aromatic heterocycles. The van der Waals surface area contributed by atoms with Gasteiger partial charge in [-0.2, -0.15) is 5.10 Å². The Hall–Kier alpha value is -4.85. The lowest BCUT2D eigenvalue weighted by molar-refractivity contribution is 0.0734. The number of nitrogens with one attached hydrogen (secondary N) is 1. The van der Waals surface area contributed by atoms with Gasteiger partial charge in [0.05, 0.1) is 33.1 Å². The Bertz CT molecular complexity index is 1410. The Kier molecular flexibility index (Phi) is 7.45. The lowest BCUT2D eigenvalue weighted by Crippen LogP contribution is -2.18. The zero-order valence-electron chi connectivity index (χ0n) is 20.0. The quantitative estimate of drug-likeness (QED) is 0.166. The van der Waals surface area contributed by atoms with Crippen molar-refractivity contribution in [3.05, 3.63) is 95.6 Å². The molecule has 0 aliphatic heterocycles. The number of methoxy groups -OCH3 is 3. The molecule has 4 rings (SSSR count). The first-order valence-electron chi connectivity index (χ1n) is 11.0. The normalized spacial score (nSPS) is 10.8. The molecule has 8 nitrogen and oxygen atoms in total. The van der Waals surface area contributed by atoms with E-state index < -0.39 is 11.9 Å². The average Bonchev–Trinajstić information content (AvgIpc) is 2.93. The van der Waals surface area contributed by atoms with E-state index in [-0.39, 0.29) is 5.56 Å². The molecule has 182 valence electrons. The van der Waals surface area contributed by atoms with Gasteiger partial charge in [-0.3, -0.25) is 4.79 Å². The van der Waals surface area contributed by atoms with Crippen molar-refractivity contribution in [1.29, 1.82) is 0 Å². The predicted molar refractivity (Wildman–Crippen MR) is 137 cm³/mol. The van der Waals surface area contributed by atoms with Crippen LogP contribution in [0.1, 0.15) is 26.3 Å². The molecule has 1 N–H and O–H groups in total. The maximum Gasteiger partial charge on any atom is 0.343 e. The molecule has 8 heteroatoms. The largest absolute Gasteiger partial charge is 0.493 e. The molecular weight excluding hydrogens is 460 g/mol. The van der Waals surface area contributed by atoms with E-state index in [1.165, 1.54) is 39.7 Å². The minimum Gasteiger partial charge on any atom is -0.493 e. The van der Waals surface area contributed by atoms with Gasteiger partial charge in [-0.1, -0.05) is 48.5 Å². The number of benzene rings is 4. The number of nitrogens with zero attached hydrogens (tertiary/aromatic N) is 1. The second-order valence-electron chi connectivity index (χ2n) is 7.57. The Morgan fingerprint density at radius 1 is 0.750 bits per heavy atom. The third-order valence-electron chi connectivity index (χ3n) is 5.43. The first-order chi connectivity index (χ1) is 17.5. The smallest absolute Gasteiger partial charge is 0.343 e. The monoisotopic (exact) mass is 484 g/mol. The minimum absolute atomic E-state index is 0.260. The van der Waals surface area contributed by atoms with Crippen LogP contribution in [0.5, 0.6) is 23.0 Å². The molecule has 0 atom stereocenters. The molecule has 0 heterocycles. The van der Waals surface area contributed by atoms with Crippen LogP contribution in [0.25, 0.3) is 10.8 Å². The Morgan fingerprint density at radius 2 is 1.42 bits per heavy atom. The predicted octanol–water partition coefficient (Wildman–Crippen LogP) is 4.85. The molecule has 0 aliphatic rings. The van der Waals surface area contributed by atoms with Crippen molar-refractivity contribution in [2.45, 2.75) is 0 Å². The third kappa shape index (κ3) is 5.12. The van der Waals surface area contributed by atoms with Crippen molar-refractivity contribution in [3.8, 4) is 23.0 Å². The molecular formula is C28H24N2O6. The van der Waals surface area contributed by atoms with Crippen LogP contribution in [0.3, 0.4) is 0 Å². The molecule has 0 aliphatic carbocycles. The second kappa shape index (κ2) is 11.1. The summed E-state index contributed by atoms with van der Waals surface area (Å²) in [6.07, 6.45) is 1.45. The van der Waals surface area contributed by atoms with Crippen molar-refractivity contribution in [1.82, 2.24) is 5.43 Å². The molecule has 0 saturated carbocycles. The topological polar surface area (TPSA) is 95.5 Å². The lowest BCUT2D eigenvalue weighted by Gasteiger charge is -2.13. The highest BCUT2D eigenvalue weighted by atomic mass is 16.5. The molecule has 0 fully saturated rings. The van der Waals surface area contributed by atoms with Crippen molar-refractivity contribution < 1.29 is 28.5 Å². The van der Waals surface area contributed by atoms with Crippen molar-refractivity contribution in [2.75, 3.05) is 21.3 Å². The van der Waals surface area contributed by atoms with Crippen LogP contribution in [-0.4, -0.2) is 39.4 Å². The standard InChI is InChI=1S/C28H24N2O6/c1-33-24-15-20(16-25(34-2)26(24)35-3)27(31)30-29-17-22-21-12-8-7-9-18(21)13-14-23(22)36-28(32)19-10-5-4-6-11-19/h4-17H,1-3H3,(H,30,31). The first kappa shape index (κ1) is 24.3. The SMILES string of the molecule is COc1cc(C(=O)NN=Cc2c(OC(=O)c3ccccc3)ccc3ccccc23)cc(OC)c1OC. The maximum absolute atomic E-state index is 12.8. The molecule has 0 saturated heterocycles. The van der Waals surface area contributed by atoms with E-state index >= 15 is 0 Å². The molecule has 0 unspecified atom stereocenters. The van der Waals surface area contributed by atoms with E-state index in [1.807, 2.05) is 36.4 Å². The van der Waals surface area contributed by atoms with Gasteiger partial charge in [0.2, 0.25) is 5.75 Å². The Labute approximate surface area is 208 Å². The lowest BCUT2D eigenvalue weighted by atomic mass is 10.0. The number of carbonyl (C=O) groups is 2. The number of ether oxygens (including phenoxy) is 4. The molecule has 4 aromatic carbocycles. The third-order valence-corrected chi connectivity index (χ3v) is 5.43. The summed E-state index contributed by atoms with van der Waals surface area (Å²) < 4.78 is 21.6. The Balaban J connectivity index is 1.63. The summed E-state index contributed by atoms with van der Waals surface area (Å²) in [5.41, 5.74) is 3.73. The fraction of sp³-hybridized carbons (Fsp3) is 0.107. The number of hydrogen-bond acceptors (Lipinski definition) is 7. The fourth-order valence-corrected chi connectivity index (χ4v) is 3.66. The second-order valence-corrected chi connectivity index (χ2v) is 7.57. The number of fused-ring (bicyclic) bond motifs is 1. The van der Waals surface area contributed by atoms with E-state index in [1.54, 1.807) is 30.3 Å². The number of hydrogen-bond donors (Lipinski definition) is 1. The van der Waals surface area contributed by atoms with E-state index in [4.69, 9.17) is 18.9 Å². The minimum atomic E-state index is -0.498. The van der Waals surface area contributed by atoms with Crippen LogP contribution in [-0.2, 0) is 0 Å². The zero-order chi connectivity index (χ0) is 25.5. The summed E-state index contributed by atoms with van der Waals surface area (Å²) in [4.78, 5) is 25.5. The van der Waals surface area contributed by atoms with Gasteiger partial charge < -0.3 is 18.9 Å². The molecule has 1 amide bonds. The van der Waals surface area contributed by atoms with Gasteiger partial charge in [0.15, 0.2) is 11.5 Å². The summed E-state index contributed by atoms with van der Waals surface area (Å²) in [5, 5.41) is 5.87. The summed E-state index contributed by atoms with van der Waals surface area (Å²) in [6.45, 7) is 0. The van der Waals surface area contributed by atoms with Crippen LogP contribution in [0.4, 0.5) is 0 Å². The van der Waals surface area contributed by atoms with Crippen molar-refractivity contribution >= 4 is 28.9 Å². The van der Waals surface area contributed by atoms with Crippen LogP contribution >= 0.6 is 0 Å². The average molecular weight is 485 g/mol. The summed E-state index contributed by atoms with van der Waals surface area (Å²) in [6, 6.07) is 22.9. The first-order valence-corrected chi connectivity index (χ1v) is 11.0. The van der Waals surface area contributed by atoms with Crippen molar-refractivity contribution in [2.24, 2.45) is 5.10 Å². The van der Waals surface area contributed by atoms with E-state index in [9.17, 15) is 9.59 Å². The summed E-state index contributed by atoms with van der Waals surface area (Å²) in [5.74, 6) is 0.384. The molecule has 0 radical (unpaired) electrons. The van der Waals surface area contributed by atoms with Crippen LogP contribution in [0.15, 0.2) is 84.0 Å². The van der Waals surface area contributed by atoms with Gasteiger partial charge in [-0.15, -0.1) is 0 Å². The number of rotatable bonds is 8. The highest BCUT2D eigenvalue weighted by Crippen LogP contribution is 2.38. The van der Waals surface area contributed by atoms with Gasteiger partial charge >= 0.3 is 5.97 Å². The number of hydrazone groups is 1.